The highest BCUT2D eigenvalue weighted by Gasteiger charge is 2.62. The molecule has 7 rings (SSSR count). The van der Waals surface area contributed by atoms with E-state index in [1.807, 2.05) is 6.92 Å². The minimum Gasteiger partial charge on any atom is -0.458 e. The standard InChI is InChI=1S/C40H62O15/c1-17-11-26(53-36(50)22(17)14-41)18(2)23-7-8-24-21-6-5-19-12-20(13-29(43)40(19,4)25(21)9-10-39(23,24)3)52-38-35(49)33(47)31(45)28(55-38)16-51-37-34(48)32(46)30(44)27(15-42)54-37/h5,18,20-21,23-35,37-38,41-49H,6-16H2,1-4H3/t18-,20-,21+,23-,24+,25+,26+,27?,28?,29+,30-,31-,32-,33-,34?,35?,37-,38-,39-,40+/m1/s1. The summed E-state index contributed by atoms with van der Waals surface area (Å²) in [5.74, 6) is 1.26. The summed E-state index contributed by atoms with van der Waals surface area (Å²) < 4.78 is 29.0. The molecule has 0 radical (unpaired) electrons. The molecule has 0 spiro atoms. The van der Waals surface area contributed by atoms with Gasteiger partial charge in [0.05, 0.1) is 37.6 Å². The van der Waals surface area contributed by atoms with Crippen molar-refractivity contribution in [3.8, 4) is 0 Å². The molecule has 5 fully saturated rings. The molecule has 4 aliphatic carbocycles. The number of aliphatic hydroxyl groups is 9. The van der Waals surface area contributed by atoms with Gasteiger partial charge in [-0.2, -0.15) is 0 Å². The second-order valence-corrected chi connectivity index (χ2v) is 18.0. The lowest BCUT2D eigenvalue weighted by atomic mass is 9.46. The van der Waals surface area contributed by atoms with Crippen LogP contribution in [0.25, 0.3) is 0 Å². The summed E-state index contributed by atoms with van der Waals surface area (Å²) in [5, 5.41) is 94.0. The molecular weight excluding hydrogens is 720 g/mol. The summed E-state index contributed by atoms with van der Waals surface area (Å²) in [4.78, 5) is 12.7. The molecule has 0 amide bonds. The van der Waals surface area contributed by atoms with Crippen molar-refractivity contribution in [2.24, 2.45) is 40.4 Å². The van der Waals surface area contributed by atoms with Crippen molar-refractivity contribution in [3.05, 3.63) is 22.8 Å². The highest BCUT2D eigenvalue weighted by molar-refractivity contribution is 5.90. The van der Waals surface area contributed by atoms with Gasteiger partial charge in [0, 0.05) is 18.3 Å². The molecule has 55 heavy (non-hydrogen) atoms. The SMILES string of the molecule is CC1=C(CO)C(=O)O[C@H]([C@H](C)[C@H]2CC[C@H]3[C@@H]4CC=C5C[C@@H](O[C@@H]6OC(CO[C@@H]7OC(CO)[C@@H](O)[C@@H](O)C7O)[C@@H](O)[C@@H](O)C6O)C[C@H](O)[C@]5(C)[C@H]4CC[C@]23C)C1. The third-order valence-corrected chi connectivity index (χ3v) is 15.4. The number of fused-ring (bicyclic) bond motifs is 5. The zero-order valence-electron chi connectivity index (χ0n) is 32.2. The van der Waals surface area contributed by atoms with Crippen LogP contribution in [0.3, 0.4) is 0 Å². The van der Waals surface area contributed by atoms with Crippen LogP contribution < -0.4 is 0 Å². The Hall–Kier alpha value is -1.57. The number of carbonyl (C=O) groups is 1. The first kappa shape index (κ1) is 41.6. The van der Waals surface area contributed by atoms with Crippen LogP contribution in [0.2, 0.25) is 0 Å². The van der Waals surface area contributed by atoms with Gasteiger partial charge in [0.25, 0.3) is 0 Å². The number of cyclic esters (lactones) is 1. The van der Waals surface area contributed by atoms with Crippen molar-refractivity contribution in [1.29, 1.82) is 0 Å². The lowest BCUT2D eigenvalue weighted by molar-refractivity contribution is -0.337. The Morgan fingerprint density at radius 1 is 0.855 bits per heavy atom. The molecule has 15 heteroatoms. The molecule has 7 aliphatic rings. The normalized spacial score (nSPS) is 50.7. The van der Waals surface area contributed by atoms with Crippen molar-refractivity contribution in [2.45, 2.75) is 159 Å². The van der Waals surface area contributed by atoms with E-state index < -0.39 is 98.2 Å². The Labute approximate surface area is 321 Å². The molecule has 0 aromatic heterocycles. The number of esters is 1. The average Bonchev–Trinajstić information content (AvgIpc) is 3.51. The maximum Gasteiger partial charge on any atom is 0.336 e. The van der Waals surface area contributed by atoms with Crippen molar-refractivity contribution >= 4 is 5.97 Å². The van der Waals surface area contributed by atoms with Gasteiger partial charge in [0.2, 0.25) is 0 Å². The number of hydrogen-bond acceptors (Lipinski definition) is 15. The number of aliphatic hydroxyl groups excluding tert-OH is 9. The highest BCUT2D eigenvalue weighted by Crippen LogP contribution is 2.67. The maximum absolute atomic E-state index is 12.7. The molecule has 0 bridgehead atoms. The Morgan fingerprint density at radius 2 is 1.53 bits per heavy atom. The Morgan fingerprint density at radius 3 is 2.20 bits per heavy atom. The van der Waals surface area contributed by atoms with Crippen molar-refractivity contribution in [1.82, 2.24) is 0 Å². The van der Waals surface area contributed by atoms with Gasteiger partial charge in [-0.15, -0.1) is 0 Å². The first-order valence-electron chi connectivity index (χ1n) is 20.2. The van der Waals surface area contributed by atoms with E-state index in [0.29, 0.717) is 36.2 Å². The van der Waals surface area contributed by atoms with Gasteiger partial charge < -0.3 is 69.6 Å². The van der Waals surface area contributed by atoms with Gasteiger partial charge in [-0.05, 0) is 80.5 Å². The molecule has 312 valence electrons. The van der Waals surface area contributed by atoms with E-state index in [2.05, 4.69) is 26.8 Å². The fourth-order valence-corrected chi connectivity index (χ4v) is 12.0. The third kappa shape index (κ3) is 7.06. The van der Waals surface area contributed by atoms with Crippen molar-refractivity contribution in [3.63, 3.8) is 0 Å². The molecule has 2 saturated heterocycles. The lowest BCUT2D eigenvalue weighted by Crippen LogP contribution is -2.62. The lowest BCUT2D eigenvalue weighted by Gasteiger charge is -2.60. The number of allylic oxidation sites excluding steroid dienone is 1. The Balaban J connectivity index is 1.00. The summed E-state index contributed by atoms with van der Waals surface area (Å²) in [6, 6.07) is 0. The smallest absolute Gasteiger partial charge is 0.336 e. The second-order valence-electron chi connectivity index (χ2n) is 18.0. The van der Waals surface area contributed by atoms with Crippen LogP contribution in [0, 0.1) is 40.4 Å². The summed E-state index contributed by atoms with van der Waals surface area (Å²) in [7, 11) is 0. The van der Waals surface area contributed by atoms with Crippen molar-refractivity contribution < 1.29 is 74.4 Å². The maximum atomic E-state index is 12.7. The van der Waals surface area contributed by atoms with E-state index in [4.69, 9.17) is 23.7 Å². The number of hydrogen-bond donors (Lipinski definition) is 9. The molecule has 0 aromatic carbocycles. The van der Waals surface area contributed by atoms with Crippen LogP contribution in [-0.4, -0.2) is 151 Å². The van der Waals surface area contributed by atoms with Gasteiger partial charge in [-0.1, -0.05) is 38.0 Å². The van der Waals surface area contributed by atoms with E-state index in [1.54, 1.807) is 0 Å². The van der Waals surface area contributed by atoms with E-state index >= 15 is 0 Å². The summed E-state index contributed by atoms with van der Waals surface area (Å²) in [5.41, 5.74) is 1.98. The van der Waals surface area contributed by atoms with Crippen LogP contribution >= 0.6 is 0 Å². The Kier molecular flexibility index (Phi) is 12.0. The molecule has 20 atom stereocenters. The first-order valence-corrected chi connectivity index (χ1v) is 20.2. The zero-order chi connectivity index (χ0) is 39.7. The molecule has 0 aromatic rings. The molecular formula is C40H62O15. The van der Waals surface area contributed by atoms with Crippen LogP contribution in [0.4, 0.5) is 0 Å². The van der Waals surface area contributed by atoms with Gasteiger partial charge in [0.15, 0.2) is 12.6 Å². The fourth-order valence-electron chi connectivity index (χ4n) is 12.0. The molecule has 9 N–H and O–H groups in total. The molecule has 3 saturated carbocycles. The topological polar surface area (TPSA) is 245 Å². The molecule has 15 nitrogen and oxygen atoms in total. The summed E-state index contributed by atoms with van der Waals surface area (Å²) in [6.07, 6.45) is -8.00. The summed E-state index contributed by atoms with van der Waals surface area (Å²) >= 11 is 0. The van der Waals surface area contributed by atoms with Gasteiger partial charge in [-0.3, -0.25) is 0 Å². The van der Waals surface area contributed by atoms with Crippen molar-refractivity contribution in [2.75, 3.05) is 19.8 Å². The van der Waals surface area contributed by atoms with Crippen LogP contribution in [0.15, 0.2) is 22.8 Å². The fraction of sp³-hybridized carbons (Fsp3) is 0.875. The monoisotopic (exact) mass is 782 g/mol. The highest BCUT2D eigenvalue weighted by atomic mass is 16.7. The Bertz CT molecular complexity index is 1470. The van der Waals surface area contributed by atoms with E-state index in [0.717, 1.165) is 43.3 Å². The minimum absolute atomic E-state index is 0.0672. The van der Waals surface area contributed by atoms with E-state index in [9.17, 15) is 50.8 Å². The van der Waals surface area contributed by atoms with Gasteiger partial charge >= 0.3 is 5.97 Å². The number of ether oxygens (including phenoxy) is 5. The van der Waals surface area contributed by atoms with Crippen LogP contribution in [0.1, 0.15) is 79.1 Å². The first-order chi connectivity index (χ1) is 26.0. The predicted octanol–water partition coefficient (Wildman–Crippen LogP) is -0.194. The second kappa shape index (κ2) is 15.9. The molecule has 3 aliphatic heterocycles. The minimum atomic E-state index is -1.68. The summed E-state index contributed by atoms with van der Waals surface area (Å²) in [6.45, 7) is 7.30. The predicted molar refractivity (Wildman–Crippen MR) is 191 cm³/mol. The quantitative estimate of drug-likeness (QED) is 0.109. The zero-order valence-corrected chi connectivity index (χ0v) is 32.2. The molecule has 4 unspecified atom stereocenters. The van der Waals surface area contributed by atoms with E-state index in [1.165, 1.54) is 0 Å². The van der Waals surface area contributed by atoms with Crippen LogP contribution in [-0.2, 0) is 28.5 Å². The molecule has 3 heterocycles. The van der Waals surface area contributed by atoms with E-state index in [-0.39, 0.29) is 36.4 Å². The largest absolute Gasteiger partial charge is 0.458 e. The number of carbonyl (C=O) groups excluding carboxylic acids is 1. The van der Waals surface area contributed by atoms with Gasteiger partial charge in [-0.25, -0.2) is 4.79 Å². The number of rotatable bonds is 9. The average molecular weight is 783 g/mol. The third-order valence-electron chi connectivity index (χ3n) is 15.4. The van der Waals surface area contributed by atoms with Gasteiger partial charge in [0.1, 0.15) is 54.9 Å². The van der Waals surface area contributed by atoms with Crippen LogP contribution in [0.5, 0.6) is 0 Å².